The van der Waals surface area contributed by atoms with Gasteiger partial charge in [0.15, 0.2) is 28.6 Å². The van der Waals surface area contributed by atoms with Crippen molar-refractivity contribution in [3.63, 3.8) is 0 Å². The minimum atomic E-state index is -0.395. The number of rotatable bonds is 8. The highest BCUT2D eigenvalue weighted by atomic mass is 32.2. The molecule has 160 valence electrons. The molecule has 0 saturated heterocycles. The molecule has 1 aromatic heterocycles. The number of anilines is 1. The summed E-state index contributed by atoms with van der Waals surface area (Å²) in [6.45, 7) is 4.64. The van der Waals surface area contributed by atoms with Gasteiger partial charge in [-0.15, -0.1) is 16.8 Å². The first-order valence-electron chi connectivity index (χ1n) is 9.74. The largest absolute Gasteiger partial charge is 0.485 e. The summed E-state index contributed by atoms with van der Waals surface area (Å²) in [5.41, 5.74) is 0.432. The molecule has 9 heteroatoms. The Kier molecular flexibility index (Phi) is 6.51. The smallest absolute Gasteiger partial charge is 0.225 e. The van der Waals surface area contributed by atoms with E-state index in [1.165, 1.54) is 23.9 Å². The van der Waals surface area contributed by atoms with Gasteiger partial charge in [0.25, 0.3) is 0 Å². The van der Waals surface area contributed by atoms with Crippen molar-refractivity contribution in [2.75, 3.05) is 17.7 Å². The predicted molar refractivity (Wildman–Crippen MR) is 116 cm³/mol. The molecule has 7 nitrogen and oxygen atoms in total. The molecule has 1 aliphatic heterocycles. The lowest BCUT2D eigenvalue weighted by Crippen LogP contribution is -2.25. The molecular formula is C22H21FN4O3S. The molecule has 1 atom stereocenters. The molecule has 31 heavy (non-hydrogen) atoms. The summed E-state index contributed by atoms with van der Waals surface area (Å²) in [6, 6.07) is 13.3. The molecule has 2 aromatic carbocycles. The van der Waals surface area contributed by atoms with Gasteiger partial charge in [-0.05, 0) is 30.3 Å². The Morgan fingerprint density at radius 1 is 1.26 bits per heavy atom. The highest BCUT2D eigenvalue weighted by molar-refractivity contribution is 7.99. The lowest BCUT2D eigenvalue weighted by molar-refractivity contribution is -0.115. The van der Waals surface area contributed by atoms with Crippen LogP contribution in [0.3, 0.4) is 0 Å². The fraction of sp³-hybridized carbons (Fsp3) is 0.227. The number of nitrogens with zero attached hydrogens (tertiary/aromatic N) is 3. The van der Waals surface area contributed by atoms with Crippen molar-refractivity contribution in [1.29, 1.82) is 0 Å². The molecule has 1 amide bonds. The third-order valence-electron chi connectivity index (χ3n) is 4.52. The second-order valence-electron chi connectivity index (χ2n) is 6.76. The van der Waals surface area contributed by atoms with E-state index in [1.54, 1.807) is 18.2 Å². The molecule has 1 unspecified atom stereocenters. The number of aromatic nitrogens is 3. The number of halogens is 1. The quantitative estimate of drug-likeness (QED) is 0.417. The molecular weight excluding hydrogens is 419 g/mol. The summed E-state index contributed by atoms with van der Waals surface area (Å²) in [5.74, 6) is 1.90. The lowest BCUT2D eigenvalue weighted by atomic mass is 10.2. The van der Waals surface area contributed by atoms with Crippen LogP contribution in [0.5, 0.6) is 11.5 Å². The summed E-state index contributed by atoms with van der Waals surface area (Å²) < 4.78 is 27.0. The topological polar surface area (TPSA) is 78.3 Å². The van der Waals surface area contributed by atoms with Crippen molar-refractivity contribution in [2.45, 2.75) is 24.2 Å². The normalized spacial score (nSPS) is 14.8. The van der Waals surface area contributed by atoms with Crippen LogP contribution in [0.4, 0.5) is 10.1 Å². The number of benzene rings is 2. The van der Waals surface area contributed by atoms with Gasteiger partial charge in [-0.3, -0.25) is 9.36 Å². The van der Waals surface area contributed by atoms with Gasteiger partial charge in [0.1, 0.15) is 12.4 Å². The number of amides is 1. The summed E-state index contributed by atoms with van der Waals surface area (Å²) in [4.78, 5) is 12.2. The summed E-state index contributed by atoms with van der Waals surface area (Å²) >= 11 is 1.41. The monoisotopic (exact) mass is 440 g/mol. The van der Waals surface area contributed by atoms with Crippen molar-refractivity contribution in [3.05, 3.63) is 72.8 Å². The van der Waals surface area contributed by atoms with Crippen LogP contribution in [0.1, 0.15) is 18.3 Å². The SMILES string of the molecule is C=CCn1c(SCCC(=O)Nc2cccc(F)c2)nnc1C1COc2ccccc2O1. The van der Waals surface area contributed by atoms with E-state index in [4.69, 9.17) is 9.47 Å². The fourth-order valence-corrected chi connectivity index (χ4v) is 4.01. The minimum absolute atomic E-state index is 0.200. The molecule has 0 saturated carbocycles. The third kappa shape index (κ3) is 5.05. The van der Waals surface area contributed by atoms with Gasteiger partial charge in [0.05, 0.1) is 0 Å². The first-order valence-corrected chi connectivity index (χ1v) is 10.7. The Morgan fingerprint density at radius 3 is 2.90 bits per heavy atom. The second kappa shape index (κ2) is 9.65. The fourth-order valence-electron chi connectivity index (χ4n) is 3.12. The van der Waals surface area contributed by atoms with Crippen LogP contribution >= 0.6 is 11.8 Å². The Balaban J connectivity index is 1.38. The Hall–Kier alpha value is -3.33. The number of carbonyl (C=O) groups is 1. The molecule has 0 aliphatic carbocycles. The van der Waals surface area contributed by atoms with E-state index in [9.17, 15) is 9.18 Å². The molecule has 3 aromatic rings. The number of para-hydroxylation sites is 2. The number of ether oxygens (including phenoxy) is 2. The van der Waals surface area contributed by atoms with Crippen molar-refractivity contribution in [3.8, 4) is 11.5 Å². The van der Waals surface area contributed by atoms with Crippen molar-refractivity contribution >= 4 is 23.4 Å². The number of fused-ring (bicyclic) bond motifs is 1. The third-order valence-corrected chi connectivity index (χ3v) is 5.49. The van der Waals surface area contributed by atoms with E-state index in [0.29, 0.717) is 47.1 Å². The van der Waals surface area contributed by atoms with Gasteiger partial charge in [-0.2, -0.15) is 0 Å². The zero-order valence-corrected chi connectivity index (χ0v) is 17.5. The lowest BCUT2D eigenvalue weighted by Gasteiger charge is -2.26. The van der Waals surface area contributed by atoms with Crippen LogP contribution in [-0.4, -0.2) is 33.0 Å². The molecule has 0 bridgehead atoms. The zero-order chi connectivity index (χ0) is 21.6. The van der Waals surface area contributed by atoms with Crippen molar-refractivity contribution in [1.82, 2.24) is 14.8 Å². The first kappa shape index (κ1) is 20.9. The van der Waals surface area contributed by atoms with Crippen LogP contribution in [0.15, 0.2) is 66.3 Å². The Bertz CT molecular complexity index is 1090. The highest BCUT2D eigenvalue weighted by Crippen LogP contribution is 2.36. The predicted octanol–water partition coefficient (Wildman–Crippen LogP) is 4.24. The molecule has 2 heterocycles. The van der Waals surface area contributed by atoms with Gasteiger partial charge in [-0.1, -0.05) is 36.0 Å². The Morgan fingerprint density at radius 2 is 2.10 bits per heavy atom. The molecule has 0 radical (unpaired) electrons. The van der Waals surface area contributed by atoms with Crippen LogP contribution < -0.4 is 14.8 Å². The van der Waals surface area contributed by atoms with Gasteiger partial charge in [0, 0.05) is 24.4 Å². The van der Waals surface area contributed by atoms with Crippen LogP contribution in [0.2, 0.25) is 0 Å². The molecule has 0 fully saturated rings. The summed E-state index contributed by atoms with van der Waals surface area (Å²) in [7, 11) is 0. The number of nitrogens with one attached hydrogen (secondary N) is 1. The van der Waals surface area contributed by atoms with E-state index >= 15 is 0 Å². The molecule has 4 rings (SSSR count). The van der Waals surface area contributed by atoms with Crippen LogP contribution in [-0.2, 0) is 11.3 Å². The van der Waals surface area contributed by atoms with E-state index < -0.39 is 11.9 Å². The van der Waals surface area contributed by atoms with Gasteiger partial charge < -0.3 is 14.8 Å². The van der Waals surface area contributed by atoms with Crippen LogP contribution in [0, 0.1) is 5.82 Å². The highest BCUT2D eigenvalue weighted by Gasteiger charge is 2.28. The summed E-state index contributed by atoms with van der Waals surface area (Å²) in [5, 5.41) is 11.9. The number of allylic oxidation sites excluding steroid dienone is 1. The maximum atomic E-state index is 13.2. The van der Waals surface area contributed by atoms with Crippen molar-refractivity contribution in [2.24, 2.45) is 0 Å². The van der Waals surface area contributed by atoms with E-state index in [-0.39, 0.29) is 12.3 Å². The van der Waals surface area contributed by atoms with Gasteiger partial charge in [0.2, 0.25) is 5.91 Å². The van der Waals surface area contributed by atoms with Gasteiger partial charge >= 0.3 is 0 Å². The number of hydrogen-bond donors (Lipinski definition) is 1. The van der Waals surface area contributed by atoms with E-state index in [1.807, 2.05) is 28.8 Å². The first-order chi connectivity index (χ1) is 15.1. The molecule has 1 N–H and O–H groups in total. The second-order valence-corrected chi connectivity index (χ2v) is 7.82. The maximum Gasteiger partial charge on any atom is 0.225 e. The number of carbonyl (C=O) groups excluding carboxylic acids is 1. The minimum Gasteiger partial charge on any atom is -0.485 e. The Labute approximate surface area is 183 Å². The van der Waals surface area contributed by atoms with E-state index in [2.05, 4.69) is 22.1 Å². The van der Waals surface area contributed by atoms with Gasteiger partial charge in [-0.25, -0.2) is 4.39 Å². The molecule has 1 aliphatic rings. The van der Waals surface area contributed by atoms with Crippen LogP contribution in [0.25, 0.3) is 0 Å². The van der Waals surface area contributed by atoms with E-state index in [0.717, 1.165) is 0 Å². The van der Waals surface area contributed by atoms with Crippen molar-refractivity contribution < 1.29 is 18.7 Å². The molecule has 0 spiro atoms. The number of thioether (sulfide) groups is 1. The average molecular weight is 441 g/mol. The maximum absolute atomic E-state index is 13.2. The summed E-state index contributed by atoms with van der Waals surface area (Å²) in [6.07, 6.45) is 1.60. The zero-order valence-electron chi connectivity index (χ0n) is 16.7. The standard InChI is InChI=1S/C22H21FN4O3S/c1-2-11-27-21(19-14-29-17-8-3-4-9-18(17)30-19)25-26-22(27)31-12-10-20(28)24-16-7-5-6-15(23)13-16/h2-9,13,19H,1,10-12,14H2,(H,24,28). The number of hydrogen-bond acceptors (Lipinski definition) is 6. The average Bonchev–Trinajstić information content (AvgIpc) is 3.16.